The van der Waals surface area contributed by atoms with Gasteiger partial charge in [-0.2, -0.15) is 18.2 Å². The normalized spacial score (nSPS) is 15.9. The van der Waals surface area contributed by atoms with Crippen LogP contribution in [0.3, 0.4) is 0 Å². The van der Waals surface area contributed by atoms with Crippen LogP contribution in [-0.4, -0.2) is 51.9 Å². The average molecular weight is 468 g/mol. The fraction of sp³-hybridized carbons (Fsp3) is 0.292. The highest BCUT2D eigenvalue weighted by atomic mass is 19.4. The number of imidazole rings is 1. The lowest BCUT2D eigenvalue weighted by Crippen LogP contribution is -2.48. The van der Waals surface area contributed by atoms with Gasteiger partial charge in [-0.1, -0.05) is 12.1 Å². The molecule has 0 unspecified atom stereocenters. The number of nitrogens with one attached hydrogen (secondary N) is 1. The first-order chi connectivity index (χ1) is 16.2. The molecule has 0 spiro atoms. The second kappa shape index (κ2) is 8.19. The van der Waals surface area contributed by atoms with Gasteiger partial charge in [0.15, 0.2) is 0 Å². The summed E-state index contributed by atoms with van der Waals surface area (Å²) in [5.41, 5.74) is 1.53. The SMILES string of the molecule is C[C@@H](Nc1nc2nccn2c2ccc(N3CCN(C)C(=O)C3)cc12)c1cccc(C(F)(F)F)c1. The Morgan fingerprint density at radius 2 is 1.94 bits per heavy atom. The summed E-state index contributed by atoms with van der Waals surface area (Å²) >= 11 is 0. The molecule has 0 saturated carbocycles. The first kappa shape index (κ1) is 22.0. The van der Waals surface area contributed by atoms with E-state index in [2.05, 4.69) is 15.3 Å². The maximum absolute atomic E-state index is 13.2. The quantitative estimate of drug-likeness (QED) is 0.482. The van der Waals surface area contributed by atoms with Gasteiger partial charge in [-0.05, 0) is 42.8 Å². The third kappa shape index (κ3) is 4.00. The van der Waals surface area contributed by atoms with E-state index in [1.807, 2.05) is 33.7 Å². The number of likely N-dealkylation sites (N-methyl/N-ethyl adjacent to an activating group) is 1. The standard InChI is InChI=1S/C24H23F3N6O/c1-15(16-4-3-5-17(12-16)24(25,26)27)29-22-19-13-18(32-11-10-31(2)21(34)14-32)6-7-20(19)33-9-8-28-23(33)30-22/h3-9,12-13,15H,10-11,14H2,1-2H3,(H,28,29,30)/t15-/m1/s1. The topological polar surface area (TPSA) is 65.8 Å². The number of fused-ring (bicyclic) bond motifs is 3. The summed E-state index contributed by atoms with van der Waals surface area (Å²) in [6.45, 7) is 3.42. The predicted molar refractivity (Wildman–Crippen MR) is 124 cm³/mol. The van der Waals surface area contributed by atoms with E-state index < -0.39 is 17.8 Å². The summed E-state index contributed by atoms with van der Waals surface area (Å²) < 4.78 is 41.5. The van der Waals surface area contributed by atoms with Crippen LogP contribution in [0.15, 0.2) is 54.9 Å². The smallest absolute Gasteiger partial charge is 0.363 e. The molecule has 1 amide bonds. The van der Waals surface area contributed by atoms with Gasteiger partial charge in [0.05, 0.1) is 17.6 Å². The number of hydrogen-bond acceptors (Lipinski definition) is 5. The van der Waals surface area contributed by atoms with Crippen molar-refractivity contribution in [2.75, 3.05) is 36.9 Å². The zero-order valence-electron chi connectivity index (χ0n) is 18.7. The van der Waals surface area contributed by atoms with Crippen molar-refractivity contribution in [3.05, 3.63) is 66.0 Å². The number of aromatic nitrogens is 3. The van der Waals surface area contributed by atoms with Gasteiger partial charge < -0.3 is 15.1 Å². The number of carbonyl (C=O) groups excluding carboxylic acids is 1. The number of alkyl halides is 3. The number of halogens is 3. The van der Waals surface area contributed by atoms with Gasteiger partial charge in [0, 0.05) is 49.6 Å². The first-order valence-electron chi connectivity index (χ1n) is 10.9. The van der Waals surface area contributed by atoms with Crippen LogP contribution in [0, 0.1) is 0 Å². The summed E-state index contributed by atoms with van der Waals surface area (Å²) in [6.07, 6.45) is -0.956. The Balaban J connectivity index is 1.54. The lowest BCUT2D eigenvalue weighted by molar-refractivity contribution is -0.137. The Bertz CT molecular complexity index is 1380. The van der Waals surface area contributed by atoms with Crippen molar-refractivity contribution in [1.82, 2.24) is 19.3 Å². The van der Waals surface area contributed by atoms with Gasteiger partial charge in [0.2, 0.25) is 11.7 Å². The van der Waals surface area contributed by atoms with Crippen molar-refractivity contribution >= 4 is 34.1 Å². The van der Waals surface area contributed by atoms with Gasteiger partial charge in [0.25, 0.3) is 0 Å². The molecule has 3 heterocycles. The van der Waals surface area contributed by atoms with Crippen LogP contribution >= 0.6 is 0 Å². The maximum atomic E-state index is 13.2. The molecule has 1 atom stereocenters. The molecule has 0 radical (unpaired) electrons. The van der Waals surface area contributed by atoms with Crippen LogP contribution in [0.25, 0.3) is 16.7 Å². The van der Waals surface area contributed by atoms with Crippen LogP contribution in [0.4, 0.5) is 24.7 Å². The fourth-order valence-corrected chi connectivity index (χ4v) is 4.21. The number of carbonyl (C=O) groups is 1. The molecule has 1 aliphatic rings. The molecule has 2 aromatic carbocycles. The molecule has 10 heteroatoms. The van der Waals surface area contributed by atoms with Gasteiger partial charge in [-0.15, -0.1) is 0 Å². The maximum Gasteiger partial charge on any atom is 0.416 e. The third-order valence-corrected chi connectivity index (χ3v) is 6.22. The van der Waals surface area contributed by atoms with Crippen molar-refractivity contribution in [3.8, 4) is 0 Å². The van der Waals surface area contributed by atoms with Crippen molar-refractivity contribution in [2.45, 2.75) is 19.1 Å². The Kier molecular flexibility index (Phi) is 5.30. The van der Waals surface area contributed by atoms with E-state index in [0.29, 0.717) is 30.2 Å². The minimum Gasteiger partial charge on any atom is -0.363 e. The summed E-state index contributed by atoms with van der Waals surface area (Å²) in [4.78, 5) is 24.9. The van der Waals surface area contributed by atoms with Crippen LogP contribution in [0.2, 0.25) is 0 Å². The van der Waals surface area contributed by atoms with E-state index in [4.69, 9.17) is 0 Å². The largest absolute Gasteiger partial charge is 0.416 e. The molecule has 5 rings (SSSR count). The highest BCUT2D eigenvalue weighted by Crippen LogP contribution is 2.33. The van der Waals surface area contributed by atoms with Crippen LogP contribution in [-0.2, 0) is 11.0 Å². The molecule has 1 N–H and O–H groups in total. The van der Waals surface area contributed by atoms with Gasteiger partial charge in [-0.3, -0.25) is 9.20 Å². The molecule has 0 bridgehead atoms. The van der Waals surface area contributed by atoms with Crippen LogP contribution in [0.1, 0.15) is 24.1 Å². The van der Waals surface area contributed by atoms with Crippen LogP contribution in [0.5, 0.6) is 0 Å². The minimum absolute atomic E-state index is 0.0473. The second-order valence-corrected chi connectivity index (χ2v) is 8.49. The summed E-state index contributed by atoms with van der Waals surface area (Å²) in [5.74, 6) is 1.04. The van der Waals surface area contributed by atoms with Crippen LogP contribution < -0.4 is 10.2 Å². The molecular formula is C24H23F3N6O. The molecule has 7 nitrogen and oxygen atoms in total. The molecule has 176 valence electrons. The van der Waals surface area contributed by atoms with E-state index >= 15 is 0 Å². The van der Waals surface area contributed by atoms with E-state index in [9.17, 15) is 18.0 Å². The Hall–Kier alpha value is -3.82. The van der Waals surface area contributed by atoms with E-state index in [-0.39, 0.29) is 12.5 Å². The number of anilines is 2. The Morgan fingerprint density at radius 3 is 2.71 bits per heavy atom. The van der Waals surface area contributed by atoms with Gasteiger partial charge in [0.1, 0.15) is 5.82 Å². The molecule has 2 aromatic heterocycles. The first-order valence-corrected chi connectivity index (χ1v) is 10.9. The molecule has 1 aliphatic heterocycles. The molecule has 0 aliphatic carbocycles. The lowest BCUT2D eigenvalue weighted by Gasteiger charge is -2.33. The van der Waals surface area contributed by atoms with E-state index in [1.165, 1.54) is 6.07 Å². The zero-order chi connectivity index (χ0) is 24.0. The molecule has 4 aromatic rings. The Morgan fingerprint density at radius 1 is 1.12 bits per heavy atom. The number of rotatable bonds is 4. The summed E-state index contributed by atoms with van der Waals surface area (Å²) in [7, 11) is 1.79. The fourth-order valence-electron chi connectivity index (χ4n) is 4.21. The monoisotopic (exact) mass is 468 g/mol. The highest BCUT2D eigenvalue weighted by Gasteiger charge is 2.31. The highest BCUT2D eigenvalue weighted by molar-refractivity contribution is 5.94. The van der Waals surface area contributed by atoms with Crippen molar-refractivity contribution in [2.24, 2.45) is 0 Å². The number of hydrogen-bond donors (Lipinski definition) is 1. The van der Waals surface area contributed by atoms with Gasteiger partial charge >= 0.3 is 6.18 Å². The minimum atomic E-state index is -4.41. The zero-order valence-corrected chi connectivity index (χ0v) is 18.7. The lowest BCUT2D eigenvalue weighted by atomic mass is 10.0. The second-order valence-electron chi connectivity index (χ2n) is 8.49. The van der Waals surface area contributed by atoms with Crippen molar-refractivity contribution < 1.29 is 18.0 Å². The molecule has 34 heavy (non-hydrogen) atoms. The predicted octanol–water partition coefficient (Wildman–Crippen LogP) is 4.35. The molecule has 1 fully saturated rings. The van der Waals surface area contributed by atoms with E-state index in [1.54, 1.807) is 31.1 Å². The molecule has 1 saturated heterocycles. The van der Waals surface area contributed by atoms with E-state index in [0.717, 1.165) is 28.7 Å². The number of nitrogens with zero attached hydrogens (tertiary/aromatic N) is 5. The van der Waals surface area contributed by atoms with Crippen molar-refractivity contribution in [1.29, 1.82) is 0 Å². The number of piperazine rings is 1. The number of benzene rings is 2. The molecular weight excluding hydrogens is 445 g/mol. The summed E-state index contributed by atoms with van der Waals surface area (Å²) in [6, 6.07) is 10.7. The third-order valence-electron chi connectivity index (χ3n) is 6.22. The number of amides is 1. The average Bonchev–Trinajstić information content (AvgIpc) is 3.29. The van der Waals surface area contributed by atoms with Crippen molar-refractivity contribution in [3.63, 3.8) is 0 Å². The van der Waals surface area contributed by atoms with Gasteiger partial charge in [-0.25, -0.2) is 4.98 Å². The Labute approximate surface area is 193 Å². The summed E-state index contributed by atoms with van der Waals surface area (Å²) in [5, 5.41) is 4.07.